The first kappa shape index (κ1) is 12.4. The van der Waals surface area contributed by atoms with Crippen LogP contribution >= 0.6 is 11.3 Å². The van der Waals surface area contributed by atoms with Gasteiger partial charge in [0.25, 0.3) is 0 Å². The molecule has 1 aromatic rings. The van der Waals surface area contributed by atoms with Gasteiger partial charge < -0.3 is 16.0 Å². The summed E-state index contributed by atoms with van der Waals surface area (Å²) in [6.07, 6.45) is 2.07. The molecule has 1 saturated heterocycles. The van der Waals surface area contributed by atoms with Crippen molar-refractivity contribution in [3.8, 4) is 0 Å². The van der Waals surface area contributed by atoms with Crippen LogP contribution in [0.2, 0.25) is 0 Å². The van der Waals surface area contributed by atoms with Crippen molar-refractivity contribution in [2.24, 2.45) is 0 Å². The number of amides is 1. The Balaban J connectivity index is 1.75. The molecule has 0 aromatic carbocycles. The highest BCUT2D eigenvalue weighted by atomic mass is 32.1. The highest BCUT2D eigenvalue weighted by molar-refractivity contribution is 7.10. The van der Waals surface area contributed by atoms with E-state index in [2.05, 4.69) is 5.32 Å². The molecule has 2 heterocycles. The number of nitrogens with two attached hydrogens (primary N) is 1. The predicted octanol–water partition coefficient (Wildman–Crippen LogP) is 1.43. The molecule has 1 aromatic heterocycles. The second-order valence-corrected chi connectivity index (χ2v) is 5.46. The van der Waals surface area contributed by atoms with Crippen LogP contribution in [0, 0.1) is 0 Å². The van der Waals surface area contributed by atoms with Crippen molar-refractivity contribution in [2.45, 2.75) is 32.4 Å². The zero-order valence-electron chi connectivity index (χ0n) is 10.1. The number of nitrogens with one attached hydrogen (secondary N) is 1. The Kier molecular flexibility index (Phi) is 4.02. The number of nitrogen functional groups attached to an aromatic ring is 1. The van der Waals surface area contributed by atoms with Gasteiger partial charge in [0.2, 0.25) is 5.91 Å². The first-order valence-corrected chi connectivity index (χ1v) is 6.85. The summed E-state index contributed by atoms with van der Waals surface area (Å²) in [5.74, 6) is 0.186. The molecule has 94 valence electrons. The summed E-state index contributed by atoms with van der Waals surface area (Å²) in [5, 5.41) is 5.54. The third kappa shape index (κ3) is 3.20. The minimum atomic E-state index is 0.186. The molecule has 0 spiro atoms. The third-order valence-corrected chi connectivity index (χ3v) is 4.21. The maximum absolute atomic E-state index is 11.2. The van der Waals surface area contributed by atoms with E-state index in [4.69, 9.17) is 5.73 Å². The fourth-order valence-electron chi connectivity index (χ4n) is 2.13. The number of carbonyl (C=O) groups excluding carboxylic acids is 1. The molecule has 0 aliphatic carbocycles. The number of anilines is 1. The largest absolute Gasteiger partial charge is 0.398 e. The topological polar surface area (TPSA) is 58.4 Å². The van der Waals surface area contributed by atoms with Crippen LogP contribution in [-0.4, -0.2) is 29.9 Å². The molecule has 2 rings (SSSR count). The Morgan fingerprint density at radius 2 is 2.29 bits per heavy atom. The van der Waals surface area contributed by atoms with Crippen LogP contribution in [0.15, 0.2) is 11.4 Å². The van der Waals surface area contributed by atoms with Crippen LogP contribution in [-0.2, 0) is 11.3 Å². The fourth-order valence-corrected chi connectivity index (χ4v) is 2.88. The average Bonchev–Trinajstić information content (AvgIpc) is 2.73. The summed E-state index contributed by atoms with van der Waals surface area (Å²) in [6, 6.07) is 2.45. The number of likely N-dealkylation sites (tertiary alicyclic amines) is 1. The normalized spacial score (nSPS) is 17.4. The molecule has 0 unspecified atom stereocenters. The van der Waals surface area contributed by atoms with Gasteiger partial charge in [-0.15, -0.1) is 11.3 Å². The van der Waals surface area contributed by atoms with Crippen molar-refractivity contribution in [2.75, 3.05) is 18.8 Å². The SMILES string of the molecule is CC(=O)N1CCC(NCc2sccc2N)CC1. The van der Waals surface area contributed by atoms with E-state index in [1.54, 1.807) is 18.3 Å². The monoisotopic (exact) mass is 253 g/mol. The van der Waals surface area contributed by atoms with Crippen LogP contribution in [0.4, 0.5) is 5.69 Å². The van der Waals surface area contributed by atoms with Crippen molar-refractivity contribution in [1.29, 1.82) is 0 Å². The maximum atomic E-state index is 11.2. The van der Waals surface area contributed by atoms with E-state index >= 15 is 0 Å². The van der Waals surface area contributed by atoms with Crippen molar-refractivity contribution >= 4 is 22.9 Å². The number of nitrogens with zero attached hydrogens (tertiary/aromatic N) is 1. The number of hydrogen-bond acceptors (Lipinski definition) is 4. The first-order chi connectivity index (χ1) is 8.16. The van der Waals surface area contributed by atoms with Crippen LogP contribution in [0.3, 0.4) is 0 Å². The summed E-state index contributed by atoms with van der Waals surface area (Å²) in [5.41, 5.74) is 6.71. The Labute approximate surface area is 106 Å². The van der Waals surface area contributed by atoms with Crippen LogP contribution in [0.25, 0.3) is 0 Å². The van der Waals surface area contributed by atoms with Gasteiger partial charge in [0.1, 0.15) is 0 Å². The molecule has 0 saturated carbocycles. The molecule has 3 N–H and O–H groups in total. The zero-order chi connectivity index (χ0) is 12.3. The molecule has 4 nitrogen and oxygen atoms in total. The molecule has 0 radical (unpaired) electrons. The predicted molar refractivity (Wildman–Crippen MR) is 70.8 cm³/mol. The zero-order valence-corrected chi connectivity index (χ0v) is 10.9. The van der Waals surface area contributed by atoms with Gasteiger partial charge in [-0.1, -0.05) is 0 Å². The number of piperidine rings is 1. The Bertz CT molecular complexity index is 383. The lowest BCUT2D eigenvalue weighted by molar-refractivity contribution is -0.129. The van der Waals surface area contributed by atoms with Gasteiger partial charge in [0, 0.05) is 43.2 Å². The number of carbonyl (C=O) groups is 1. The molecule has 1 aliphatic heterocycles. The summed E-state index contributed by atoms with van der Waals surface area (Å²) in [7, 11) is 0. The minimum absolute atomic E-state index is 0.186. The molecular formula is C12H19N3OS. The van der Waals surface area contributed by atoms with Crippen molar-refractivity contribution in [3.05, 3.63) is 16.3 Å². The van der Waals surface area contributed by atoms with E-state index in [1.165, 1.54) is 4.88 Å². The van der Waals surface area contributed by atoms with E-state index in [1.807, 2.05) is 16.3 Å². The second kappa shape index (κ2) is 5.51. The maximum Gasteiger partial charge on any atom is 0.219 e. The molecule has 1 aliphatic rings. The van der Waals surface area contributed by atoms with E-state index < -0.39 is 0 Å². The average molecular weight is 253 g/mol. The van der Waals surface area contributed by atoms with Gasteiger partial charge in [0.05, 0.1) is 0 Å². The minimum Gasteiger partial charge on any atom is -0.398 e. The van der Waals surface area contributed by atoms with E-state index in [-0.39, 0.29) is 5.91 Å². The number of rotatable bonds is 3. The van der Waals surface area contributed by atoms with Crippen LogP contribution in [0.5, 0.6) is 0 Å². The van der Waals surface area contributed by atoms with E-state index in [0.717, 1.165) is 38.2 Å². The van der Waals surface area contributed by atoms with Crippen LogP contribution in [0.1, 0.15) is 24.6 Å². The number of hydrogen-bond donors (Lipinski definition) is 2. The highest BCUT2D eigenvalue weighted by Crippen LogP contribution is 2.19. The van der Waals surface area contributed by atoms with Gasteiger partial charge >= 0.3 is 0 Å². The third-order valence-electron chi connectivity index (χ3n) is 3.27. The van der Waals surface area contributed by atoms with Crippen LogP contribution < -0.4 is 11.1 Å². The summed E-state index contributed by atoms with van der Waals surface area (Å²) in [4.78, 5) is 14.3. The molecule has 17 heavy (non-hydrogen) atoms. The Hall–Kier alpha value is -1.07. The lowest BCUT2D eigenvalue weighted by Gasteiger charge is -2.31. The van der Waals surface area contributed by atoms with Gasteiger partial charge in [-0.3, -0.25) is 4.79 Å². The van der Waals surface area contributed by atoms with Crippen molar-refractivity contribution in [3.63, 3.8) is 0 Å². The van der Waals surface area contributed by atoms with Crippen molar-refractivity contribution < 1.29 is 4.79 Å². The quantitative estimate of drug-likeness (QED) is 0.857. The summed E-state index contributed by atoms with van der Waals surface area (Å²) < 4.78 is 0. The lowest BCUT2D eigenvalue weighted by Crippen LogP contribution is -2.43. The van der Waals surface area contributed by atoms with Gasteiger partial charge in [0.15, 0.2) is 0 Å². The van der Waals surface area contributed by atoms with E-state index in [0.29, 0.717) is 6.04 Å². The second-order valence-electron chi connectivity index (χ2n) is 4.46. The lowest BCUT2D eigenvalue weighted by atomic mass is 10.1. The summed E-state index contributed by atoms with van der Waals surface area (Å²) >= 11 is 1.69. The standard InChI is InChI=1S/C12H19N3OS/c1-9(16)15-5-2-10(3-6-15)14-8-12-11(13)4-7-17-12/h4,7,10,14H,2-3,5-6,8,13H2,1H3. The molecule has 0 atom stereocenters. The molecule has 0 bridgehead atoms. The molecule has 1 amide bonds. The van der Waals surface area contributed by atoms with Crippen molar-refractivity contribution in [1.82, 2.24) is 10.2 Å². The highest BCUT2D eigenvalue weighted by Gasteiger charge is 2.20. The van der Waals surface area contributed by atoms with Gasteiger partial charge in [-0.05, 0) is 24.3 Å². The molecular weight excluding hydrogens is 234 g/mol. The molecule has 5 heteroatoms. The Morgan fingerprint density at radius 3 is 2.82 bits per heavy atom. The first-order valence-electron chi connectivity index (χ1n) is 5.97. The van der Waals surface area contributed by atoms with E-state index in [9.17, 15) is 4.79 Å². The smallest absolute Gasteiger partial charge is 0.219 e. The van der Waals surface area contributed by atoms with Gasteiger partial charge in [-0.2, -0.15) is 0 Å². The Morgan fingerprint density at radius 1 is 1.59 bits per heavy atom. The molecule has 1 fully saturated rings. The number of thiophene rings is 1. The summed E-state index contributed by atoms with van der Waals surface area (Å²) in [6.45, 7) is 4.22. The fraction of sp³-hybridized carbons (Fsp3) is 0.583. The van der Waals surface area contributed by atoms with Gasteiger partial charge in [-0.25, -0.2) is 0 Å².